The molecule has 0 aromatic carbocycles. The molecule has 142 valence electrons. The lowest BCUT2D eigenvalue weighted by molar-refractivity contribution is 0.251. The second kappa shape index (κ2) is 7.77. The van der Waals surface area contributed by atoms with Crippen LogP contribution < -0.4 is 10.6 Å². The van der Waals surface area contributed by atoms with Crippen LogP contribution in [0.15, 0.2) is 30.6 Å². The zero-order valence-electron chi connectivity index (χ0n) is 15.6. The number of aryl methyl sites for hydroxylation is 2. The topological polar surface area (TPSA) is 89.1 Å². The molecule has 1 aliphatic rings. The van der Waals surface area contributed by atoms with E-state index >= 15 is 0 Å². The summed E-state index contributed by atoms with van der Waals surface area (Å²) in [6.45, 7) is 2.55. The number of anilines is 1. The largest absolute Gasteiger partial charge is 0.338 e. The molecule has 3 heterocycles. The van der Waals surface area contributed by atoms with E-state index < -0.39 is 0 Å². The van der Waals surface area contributed by atoms with Gasteiger partial charge in [0.1, 0.15) is 11.6 Å². The van der Waals surface area contributed by atoms with Crippen molar-refractivity contribution in [1.29, 1.82) is 0 Å². The summed E-state index contributed by atoms with van der Waals surface area (Å²) in [7, 11) is 0. The van der Waals surface area contributed by atoms with Crippen LogP contribution in [0, 0.1) is 6.92 Å². The molecule has 0 radical (unpaired) electrons. The Morgan fingerprint density at radius 1 is 1.26 bits per heavy atom. The van der Waals surface area contributed by atoms with Gasteiger partial charge in [-0.1, -0.05) is 18.9 Å². The number of aromatic nitrogens is 5. The summed E-state index contributed by atoms with van der Waals surface area (Å²) >= 11 is 0. The first kappa shape index (κ1) is 17.5. The Morgan fingerprint density at radius 3 is 2.96 bits per heavy atom. The van der Waals surface area contributed by atoms with Gasteiger partial charge in [-0.25, -0.2) is 9.48 Å². The third-order valence-electron chi connectivity index (χ3n) is 5.13. The molecule has 0 saturated heterocycles. The lowest BCUT2D eigenvalue weighted by atomic mass is 10.2. The Hall–Kier alpha value is -2.90. The molecule has 8 nitrogen and oxygen atoms in total. The van der Waals surface area contributed by atoms with Gasteiger partial charge in [-0.15, -0.1) is 10.2 Å². The zero-order chi connectivity index (χ0) is 18.6. The molecule has 1 aliphatic carbocycles. The van der Waals surface area contributed by atoms with Crippen molar-refractivity contribution in [2.24, 2.45) is 0 Å². The van der Waals surface area contributed by atoms with Gasteiger partial charge in [0.05, 0.1) is 12.2 Å². The summed E-state index contributed by atoms with van der Waals surface area (Å²) in [5, 5.41) is 18.7. The van der Waals surface area contributed by atoms with E-state index in [2.05, 4.69) is 25.9 Å². The molecule has 2 amide bonds. The Morgan fingerprint density at radius 2 is 2.11 bits per heavy atom. The first-order chi connectivity index (χ1) is 13.2. The van der Waals surface area contributed by atoms with Crippen molar-refractivity contribution >= 4 is 17.5 Å². The number of rotatable bonds is 6. The highest BCUT2D eigenvalue weighted by Gasteiger charge is 2.22. The average molecular weight is 367 g/mol. The number of hydrogen-bond donors (Lipinski definition) is 2. The maximum absolute atomic E-state index is 12.3. The fourth-order valence-corrected chi connectivity index (χ4v) is 3.69. The average Bonchev–Trinajstić information content (AvgIpc) is 3.40. The highest BCUT2D eigenvalue weighted by atomic mass is 16.2. The van der Waals surface area contributed by atoms with Crippen molar-refractivity contribution in [3.8, 4) is 0 Å². The first-order valence-electron chi connectivity index (χ1n) is 9.60. The summed E-state index contributed by atoms with van der Waals surface area (Å²) in [5.41, 5.74) is 1.83. The van der Waals surface area contributed by atoms with E-state index in [-0.39, 0.29) is 6.03 Å². The van der Waals surface area contributed by atoms with Crippen LogP contribution in [0.25, 0.3) is 5.65 Å². The smallest absolute Gasteiger partial charge is 0.320 e. The highest BCUT2D eigenvalue weighted by Crippen LogP contribution is 2.32. The minimum Gasteiger partial charge on any atom is -0.338 e. The SMILES string of the molecule is Cc1cnn(C2CCCC2)c1NC(=O)NCCCc1nnc2ccccn12. The van der Waals surface area contributed by atoms with Crippen LogP contribution >= 0.6 is 0 Å². The third kappa shape index (κ3) is 3.79. The number of nitrogens with zero attached hydrogens (tertiary/aromatic N) is 5. The van der Waals surface area contributed by atoms with Crippen molar-refractivity contribution < 1.29 is 4.79 Å². The van der Waals surface area contributed by atoms with Crippen LogP contribution in [-0.2, 0) is 6.42 Å². The van der Waals surface area contributed by atoms with E-state index in [0.29, 0.717) is 12.6 Å². The van der Waals surface area contributed by atoms with E-state index in [1.807, 2.05) is 46.6 Å². The standard InChI is InChI=1S/C19H25N7O/c1-14-13-21-26(15-7-2-3-8-15)18(14)22-19(27)20-11-6-10-17-24-23-16-9-4-5-12-25(16)17/h4-5,9,12-13,15H,2-3,6-8,10-11H2,1H3,(H2,20,22,27). The number of fused-ring (bicyclic) bond motifs is 1. The number of amides is 2. The maximum Gasteiger partial charge on any atom is 0.320 e. The molecule has 1 fully saturated rings. The monoisotopic (exact) mass is 367 g/mol. The van der Waals surface area contributed by atoms with E-state index in [0.717, 1.165) is 48.5 Å². The molecule has 0 spiro atoms. The van der Waals surface area contributed by atoms with Crippen molar-refractivity contribution in [3.63, 3.8) is 0 Å². The van der Waals surface area contributed by atoms with E-state index in [9.17, 15) is 4.79 Å². The fraction of sp³-hybridized carbons (Fsp3) is 0.474. The quantitative estimate of drug-likeness (QED) is 0.655. The van der Waals surface area contributed by atoms with Crippen LogP contribution in [0.2, 0.25) is 0 Å². The van der Waals surface area contributed by atoms with E-state index in [1.54, 1.807) is 0 Å². The van der Waals surface area contributed by atoms with Gasteiger partial charge < -0.3 is 5.32 Å². The predicted molar refractivity (Wildman–Crippen MR) is 103 cm³/mol. The Balaban J connectivity index is 1.28. The van der Waals surface area contributed by atoms with Gasteiger partial charge in [0.15, 0.2) is 5.65 Å². The number of urea groups is 1. The van der Waals surface area contributed by atoms with Crippen LogP contribution in [-0.4, -0.2) is 37.0 Å². The van der Waals surface area contributed by atoms with Crippen LogP contribution in [0.4, 0.5) is 10.6 Å². The minimum atomic E-state index is -0.191. The van der Waals surface area contributed by atoms with Gasteiger partial charge in [0.2, 0.25) is 0 Å². The summed E-state index contributed by atoms with van der Waals surface area (Å²) < 4.78 is 3.95. The number of nitrogens with one attached hydrogen (secondary N) is 2. The molecular formula is C19H25N7O. The lowest BCUT2D eigenvalue weighted by Crippen LogP contribution is -2.31. The lowest BCUT2D eigenvalue weighted by Gasteiger charge is -2.15. The molecule has 4 rings (SSSR count). The predicted octanol–water partition coefficient (Wildman–Crippen LogP) is 3.10. The van der Waals surface area contributed by atoms with Gasteiger partial charge in [-0.3, -0.25) is 9.72 Å². The van der Waals surface area contributed by atoms with Crippen molar-refractivity contribution in [2.45, 2.75) is 51.5 Å². The zero-order valence-corrected chi connectivity index (χ0v) is 15.6. The number of carbonyl (C=O) groups is 1. The summed E-state index contributed by atoms with van der Waals surface area (Å²) in [4.78, 5) is 12.3. The molecule has 3 aromatic heterocycles. The summed E-state index contributed by atoms with van der Waals surface area (Å²) in [5.74, 6) is 1.71. The molecule has 27 heavy (non-hydrogen) atoms. The fourth-order valence-electron chi connectivity index (χ4n) is 3.69. The Bertz CT molecular complexity index is 923. The van der Waals surface area contributed by atoms with E-state index in [1.165, 1.54) is 12.8 Å². The third-order valence-corrected chi connectivity index (χ3v) is 5.13. The maximum atomic E-state index is 12.3. The molecule has 0 aliphatic heterocycles. The summed E-state index contributed by atoms with van der Waals surface area (Å²) in [6, 6.07) is 6.04. The number of hydrogen-bond acceptors (Lipinski definition) is 4. The number of pyridine rings is 1. The van der Waals surface area contributed by atoms with Gasteiger partial charge in [0, 0.05) is 24.7 Å². The molecular weight excluding hydrogens is 342 g/mol. The first-order valence-corrected chi connectivity index (χ1v) is 9.60. The van der Waals surface area contributed by atoms with Crippen LogP contribution in [0.3, 0.4) is 0 Å². The Kier molecular flexibility index (Phi) is 5.04. The molecule has 0 bridgehead atoms. The van der Waals surface area contributed by atoms with Crippen molar-refractivity contribution in [2.75, 3.05) is 11.9 Å². The van der Waals surface area contributed by atoms with Crippen molar-refractivity contribution in [1.82, 2.24) is 29.7 Å². The number of carbonyl (C=O) groups excluding carboxylic acids is 1. The van der Waals surface area contributed by atoms with Gasteiger partial charge in [-0.05, 0) is 38.3 Å². The highest BCUT2D eigenvalue weighted by molar-refractivity contribution is 5.89. The van der Waals surface area contributed by atoms with Crippen molar-refractivity contribution in [3.05, 3.63) is 42.0 Å². The van der Waals surface area contributed by atoms with Gasteiger partial charge in [-0.2, -0.15) is 5.10 Å². The molecule has 0 atom stereocenters. The second-order valence-electron chi connectivity index (χ2n) is 7.09. The van der Waals surface area contributed by atoms with Crippen LogP contribution in [0.5, 0.6) is 0 Å². The molecule has 2 N–H and O–H groups in total. The molecule has 8 heteroatoms. The molecule has 3 aromatic rings. The van der Waals surface area contributed by atoms with E-state index in [4.69, 9.17) is 0 Å². The summed E-state index contributed by atoms with van der Waals surface area (Å²) in [6.07, 6.45) is 10.0. The van der Waals surface area contributed by atoms with Gasteiger partial charge >= 0.3 is 6.03 Å². The second-order valence-corrected chi connectivity index (χ2v) is 7.09. The molecule has 1 saturated carbocycles. The van der Waals surface area contributed by atoms with Gasteiger partial charge in [0.25, 0.3) is 0 Å². The molecule has 0 unspecified atom stereocenters. The minimum absolute atomic E-state index is 0.191. The van der Waals surface area contributed by atoms with Crippen LogP contribution in [0.1, 0.15) is 49.5 Å². The normalized spacial score (nSPS) is 14.7. The Labute approximate surface area is 158 Å².